The zero-order chi connectivity index (χ0) is 17.1. The normalized spacial score (nSPS) is 16.6. The molecule has 0 aliphatic carbocycles. The van der Waals surface area contributed by atoms with Crippen LogP contribution in [0.25, 0.3) is 0 Å². The van der Waals surface area contributed by atoms with Gasteiger partial charge < -0.3 is 5.32 Å². The van der Waals surface area contributed by atoms with Crippen LogP contribution in [0.4, 0.5) is 0 Å². The second kappa shape index (κ2) is 6.47. The van der Waals surface area contributed by atoms with E-state index in [0.717, 1.165) is 0 Å². The van der Waals surface area contributed by atoms with Gasteiger partial charge in [0.25, 0.3) is 16.0 Å². The standard InChI is InChI=1S/C13H17N5O4S/c1-3-4-5-13(17-18-13)6-7-14-12(19)10-8-15-16-11(10)9(2)23(20,21)22/h1,8-9H,4-7H2,2H3,(H,14,19)(H,15,16)(H,20,21,22). The van der Waals surface area contributed by atoms with Crippen molar-refractivity contribution in [3.8, 4) is 12.3 Å². The van der Waals surface area contributed by atoms with Gasteiger partial charge in [-0.15, -0.1) is 12.3 Å². The smallest absolute Gasteiger partial charge is 0.273 e. The van der Waals surface area contributed by atoms with E-state index in [4.69, 9.17) is 11.0 Å². The molecule has 1 aromatic rings. The first-order valence-electron chi connectivity index (χ1n) is 6.94. The van der Waals surface area contributed by atoms with Crippen LogP contribution in [0.3, 0.4) is 0 Å². The van der Waals surface area contributed by atoms with Crippen molar-refractivity contribution in [3.63, 3.8) is 0 Å². The molecule has 1 atom stereocenters. The SMILES string of the molecule is C#CCCC1(CCNC(=O)c2cn[nH]c2C(C)S(=O)(=O)O)N=N1. The lowest BCUT2D eigenvalue weighted by molar-refractivity contribution is 0.0951. The largest absolute Gasteiger partial charge is 0.352 e. The van der Waals surface area contributed by atoms with Crippen molar-refractivity contribution in [2.45, 2.75) is 37.1 Å². The predicted molar refractivity (Wildman–Crippen MR) is 81.2 cm³/mol. The summed E-state index contributed by atoms with van der Waals surface area (Å²) in [6.45, 7) is 1.57. The Morgan fingerprint density at radius 2 is 2.22 bits per heavy atom. The van der Waals surface area contributed by atoms with Crippen molar-refractivity contribution >= 4 is 16.0 Å². The number of nitrogens with one attached hydrogen (secondary N) is 2. The summed E-state index contributed by atoms with van der Waals surface area (Å²) in [7, 11) is -4.33. The maximum atomic E-state index is 12.1. The summed E-state index contributed by atoms with van der Waals surface area (Å²) in [6, 6.07) is 0. The van der Waals surface area contributed by atoms with Crippen LogP contribution in [-0.2, 0) is 10.1 Å². The maximum absolute atomic E-state index is 12.1. The van der Waals surface area contributed by atoms with Crippen LogP contribution in [0.15, 0.2) is 16.4 Å². The van der Waals surface area contributed by atoms with Crippen LogP contribution in [0.1, 0.15) is 47.5 Å². The van der Waals surface area contributed by atoms with Crippen molar-refractivity contribution in [1.29, 1.82) is 0 Å². The molecule has 124 valence electrons. The summed E-state index contributed by atoms with van der Waals surface area (Å²) in [4.78, 5) is 12.1. The number of nitrogens with zero attached hydrogens (tertiary/aromatic N) is 3. The zero-order valence-corrected chi connectivity index (χ0v) is 13.3. The molecule has 0 saturated heterocycles. The van der Waals surface area contributed by atoms with E-state index in [1.807, 2.05) is 0 Å². The summed E-state index contributed by atoms with van der Waals surface area (Å²) in [5.74, 6) is 2.03. The molecule has 1 aliphatic rings. The fourth-order valence-corrected chi connectivity index (χ4v) is 2.55. The topological polar surface area (TPSA) is 137 Å². The monoisotopic (exact) mass is 339 g/mol. The third-order valence-corrected chi connectivity index (χ3v) is 4.76. The van der Waals surface area contributed by atoms with E-state index in [1.165, 1.54) is 13.1 Å². The van der Waals surface area contributed by atoms with Crippen LogP contribution < -0.4 is 5.32 Å². The molecule has 23 heavy (non-hydrogen) atoms. The first-order chi connectivity index (χ1) is 10.8. The van der Waals surface area contributed by atoms with E-state index >= 15 is 0 Å². The molecular weight excluding hydrogens is 322 g/mol. The van der Waals surface area contributed by atoms with Crippen molar-refractivity contribution in [3.05, 3.63) is 17.5 Å². The number of terminal acetylenes is 1. The quantitative estimate of drug-likeness (QED) is 0.480. The number of hydrogen-bond acceptors (Lipinski definition) is 6. The van der Waals surface area contributed by atoms with Crippen LogP contribution in [-0.4, -0.2) is 41.3 Å². The minimum atomic E-state index is -4.33. The average molecular weight is 339 g/mol. The molecule has 1 aliphatic heterocycles. The van der Waals surface area contributed by atoms with Crippen LogP contribution >= 0.6 is 0 Å². The van der Waals surface area contributed by atoms with Crippen LogP contribution in [0.5, 0.6) is 0 Å². The molecule has 1 unspecified atom stereocenters. The lowest BCUT2D eigenvalue weighted by atomic mass is 10.0. The van der Waals surface area contributed by atoms with Gasteiger partial charge in [0.1, 0.15) is 5.25 Å². The lowest BCUT2D eigenvalue weighted by Crippen LogP contribution is -2.29. The highest BCUT2D eigenvalue weighted by Gasteiger charge is 2.38. The highest BCUT2D eigenvalue weighted by molar-refractivity contribution is 7.86. The molecule has 2 heterocycles. The second-order valence-corrected chi connectivity index (χ2v) is 6.98. The van der Waals surface area contributed by atoms with Crippen molar-refractivity contribution < 1.29 is 17.8 Å². The number of rotatable bonds is 8. The molecule has 1 aromatic heterocycles. The third-order valence-electron chi connectivity index (χ3n) is 3.63. The first-order valence-corrected chi connectivity index (χ1v) is 8.45. The minimum absolute atomic E-state index is 0.0350. The molecule has 0 fully saturated rings. The average Bonchev–Trinajstić information content (AvgIpc) is 3.08. The van der Waals surface area contributed by atoms with E-state index < -0.39 is 26.9 Å². The molecule has 2 rings (SSSR count). The number of carbonyl (C=O) groups is 1. The summed E-state index contributed by atoms with van der Waals surface area (Å²) in [5, 5.41) is 15.4. The molecule has 0 saturated carbocycles. The molecule has 0 bridgehead atoms. The summed E-state index contributed by atoms with van der Waals surface area (Å²) in [6.07, 6.45) is 8.12. The fraction of sp³-hybridized carbons (Fsp3) is 0.538. The van der Waals surface area contributed by atoms with E-state index in [-0.39, 0.29) is 11.3 Å². The molecule has 0 spiro atoms. The summed E-state index contributed by atoms with van der Waals surface area (Å²) >= 11 is 0. The highest BCUT2D eigenvalue weighted by atomic mass is 32.2. The molecule has 0 aromatic carbocycles. The Kier molecular flexibility index (Phi) is 4.82. The Morgan fingerprint density at radius 3 is 2.78 bits per heavy atom. The van der Waals surface area contributed by atoms with Gasteiger partial charge in [0, 0.05) is 25.8 Å². The Labute approximate surface area is 133 Å². The van der Waals surface area contributed by atoms with Gasteiger partial charge in [0.05, 0.1) is 17.5 Å². The number of H-pyrrole nitrogens is 1. The second-order valence-electron chi connectivity index (χ2n) is 5.25. The van der Waals surface area contributed by atoms with Gasteiger partial charge in [-0.2, -0.15) is 23.7 Å². The summed E-state index contributed by atoms with van der Waals surface area (Å²) in [5.41, 5.74) is -0.397. The van der Waals surface area contributed by atoms with Crippen LogP contribution in [0.2, 0.25) is 0 Å². The Balaban J connectivity index is 1.93. The van der Waals surface area contributed by atoms with Crippen molar-refractivity contribution in [2.24, 2.45) is 10.2 Å². The van der Waals surface area contributed by atoms with E-state index in [1.54, 1.807) is 0 Å². The molecule has 1 amide bonds. The Hall–Kier alpha value is -2.25. The van der Waals surface area contributed by atoms with Gasteiger partial charge in [0.15, 0.2) is 5.66 Å². The van der Waals surface area contributed by atoms with Gasteiger partial charge in [0.2, 0.25) is 0 Å². The number of hydrogen-bond donors (Lipinski definition) is 3. The van der Waals surface area contributed by atoms with Gasteiger partial charge >= 0.3 is 0 Å². The Bertz CT molecular complexity index is 756. The maximum Gasteiger partial charge on any atom is 0.273 e. The highest BCUT2D eigenvalue weighted by Crippen LogP contribution is 2.36. The number of aromatic amines is 1. The van der Waals surface area contributed by atoms with Gasteiger partial charge in [-0.25, -0.2) is 0 Å². The lowest BCUT2D eigenvalue weighted by Gasteiger charge is -2.11. The molecule has 10 heteroatoms. The van der Waals surface area contributed by atoms with Crippen molar-refractivity contribution in [2.75, 3.05) is 6.54 Å². The van der Waals surface area contributed by atoms with E-state index in [0.29, 0.717) is 25.8 Å². The number of aromatic nitrogens is 2. The molecule has 0 radical (unpaired) electrons. The molecule has 9 nitrogen and oxygen atoms in total. The summed E-state index contributed by atoms with van der Waals surface area (Å²) < 4.78 is 31.5. The molecule has 3 N–H and O–H groups in total. The zero-order valence-electron chi connectivity index (χ0n) is 12.5. The number of amides is 1. The van der Waals surface area contributed by atoms with E-state index in [2.05, 4.69) is 31.7 Å². The fourth-order valence-electron chi connectivity index (χ4n) is 2.08. The van der Waals surface area contributed by atoms with Gasteiger partial charge in [-0.05, 0) is 6.92 Å². The Morgan fingerprint density at radius 1 is 1.52 bits per heavy atom. The molecular formula is C13H17N5O4S. The van der Waals surface area contributed by atoms with Crippen LogP contribution in [0, 0.1) is 12.3 Å². The van der Waals surface area contributed by atoms with Crippen molar-refractivity contribution in [1.82, 2.24) is 15.5 Å². The van der Waals surface area contributed by atoms with Gasteiger partial charge in [-0.3, -0.25) is 14.4 Å². The van der Waals surface area contributed by atoms with E-state index in [9.17, 15) is 13.2 Å². The first kappa shape index (κ1) is 17.1. The minimum Gasteiger partial charge on any atom is -0.352 e. The third kappa shape index (κ3) is 4.14. The predicted octanol–water partition coefficient (Wildman–Crippen LogP) is 1.05. The number of carbonyl (C=O) groups excluding carboxylic acids is 1. The van der Waals surface area contributed by atoms with Gasteiger partial charge in [-0.1, -0.05) is 0 Å².